The van der Waals surface area contributed by atoms with Crippen molar-refractivity contribution in [1.82, 2.24) is 0 Å². The predicted octanol–water partition coefficient (Wildman–Crippen LogP) is 1.56. The van der Waals surface area contributed by atoms with Crippen molar-refractivity contribution in [1.29, 1.82) is 0 Å². The highest BCUT2D eigenvalue weighted by molar-refractivity contribution is 5.73. The van der Waals surface area contributed by atoms with Crippen molar-refractivity contribution in [3.63, 3.8) is 0 Å². The average Bonchev–Trinajstić information content (AvgIpc) is 2.02. The van der Waals surface area contributed by atoms with E-state index in [-0.39, 0.29) is 0 Å². The number of aliphatic carboxylic acids is 1. The number of rotatable bonds is 5. The van der Waals surface area contributed by atoms with Crippen LogP contribution >= 0.6 is 0 Å². The molecule has 0 rings (SSSR count). The van der Waals surface area contributed by atoms with E-state index in [2.05, 4.69) is 13.8 Å². The predicted molar refractivity (Wildman–Crippen MR) is 53.3 cm³/mol. The zero-order valence-corrected chi connectivity index (χ0v) is 8.10. The Labute approximate surface area is 78.9 Å². The molecule has 0 heterocycles. The Morgan fingerprint density at radius 1 is 1.46 bits per heavy atom. The average molecular weight is 183 g/mol. The molecule has 0 saturated carbocycles. The van der Waals surface area contributed by atoms with Crippen LogP contribution in [0.25, 0.3) is 0 Å². The van der Waals surface area contributed by atoms with Crippen LogP contribution in [-0.2, 0) is 4.79 Å². The summed E-state index contributed by atoms with van der Waals surface area (Å²) in [4.78, 5) is 10.3. The van der Waals surface area contributed by atoms with Crippen LogP contribution in [-0.4, -0.2) is 17.1 Å². The molecule has 0 aliphatic rings. The topological polar surface area (TPSA) is 63.3 Å². The normalized spacial score (nSPS) is 14.5. The van der Waals surface area contributed by atoms with Gasteiger partial charge in [0.25, 0.3) is 0 Å². The molecule has 0 aliphatic heterocycles. The van der Waals surface area contributed by atoms with Crippen LogP contribution in [0, 0.1) is 5.92 Å². The Bertz CT molecular complexity index is 207. The van der Waals surface area contributed by atoms with E-state index in [1.165, 1.54) is 0 Å². The van der Waals surface area contributed by atoms with Gasteiger partial charge >= 0.3 is 5.97 Å². The number of hydrogen-bond acceptors (Lipinski definition) is 2. The van der Waals surface area contributed by atoms with Crippen molar-refractivity contribution >= 4 is 5.97 Å². The number of hydrogen-bond donors (Lipinski definition) is 2. The van der Waals surface area contributed by atoms with Gasteiger partial charge in [-0.25, -0.2) is 0 Å². The van der Waals surface area contributed by atoms with Crippen molar-refractivity contribution in [3.05, 3.63) is 24.3 Å². The summed E-state index contributed by atoms with van der Waals surface area (Å²) in [5, 5.41) is 8.45. The molecular formula is C10H17NO2. The van der Waals surface area contributed by atoms with Gasteiger partial charge in [0.05, 0.1) is 0 Å². The fourth-order valence-corrected chi connectivity index (χ4v) is 0.691. The highest BCUT2D eigenvalue weighted by atomic mass is 16.4. The SMILES string of the molecule is CC(C)C=CC=CCC(N)C(=O)O. The molecule has 3 nitrogen and oxygen atoms in total. The Balaban J connectivity index is 3.69. The van der Waals surface area contributed by atoms with Gasteiger partial charge in [-0.1, -0.05) is 38.2 Å². The number of nitrogens with two attached hydrogens (primary N) is 1. The second-order valence-corrected chi connectivity index (χ2v) is 3.24. The summed E-state index contributed by atoms with van der Waals surface area (Å²) in [6.07, 6.45) is 7.89. The Morgan fingerprint density at radius 3 is 2.54 bits per heavy atom. The molecule has 74 valence electrons. The molecule has 0 fully saturated rings. The molecule has 0 aromatic heterocycles. The number of carbonyl (C=O) groups is 1. The zero-order chi connectivity index (χ0) is 10.3. The smallest absolute Gasteiger partial charge is 0.320 e. The lowest BCUT2D eigenvalue weighted by atomic mass is 10.2. The van der Waals surface area contributed by atoms with E-state index in [4.69, 9.17) is 10.8 Å². The van der Waals surface area contributed by atoms with Crippen LogP contribution in [0.4, 0.5) is 0 Å². The monoisotopic (exact) mass is 183 g/mol. The molecule has 0 aliphatic carbocycles. The van der Waals surface area contributed by atoms with Gasteiger partial charge in [-0.05, 0) is 12.3 Å². The standard InChI is InChI=1S/C10H17NO2/c1-8(2)6-4-3-5-7-9(11)10(12)13/h3-6,8-9H,7,11H2,1-2H3,(H,12,13). The molecule has 3 N–H and O–H groups in total. The van der Waals surface area contributed by atoms with Gasteiger partial charge in [0.1, 0.15) is 6.04 Å². The Kier molecular flexibility index (Phi) is 5.89. The third kappa shape index (κ3) is 7.28. The number of carboxylic acid groups (broad SMARTS) is 1. The second-order valence-electron chi connectivity index (χ2n) is 3.24. The molecule has 0 bridgehead atoms. The Hall–Kier alpha value is -1.09. The van der Waals surface area contributed by atoms with Gasteiger partial charge in [-0.2, -0.15) is 0 Å². The van der Waals surface area contributed by atoms with Crippen LogP contribution in [0.15, 0.2) is 24.3 Å². The van der Waals surface area contributed by atoms with Gasteiger partial charge in [-0.15, -0.1) is 0 Å². The van der Waals surface area contributed by atoms with Crippen LogP contribution in [0.3, 0.4) is 0 Å². The third-order valence-corrected chi connectivity index (χ3v) is 1.45. The third-order valence-electron chi connectivity index (χ3n) is 1.45. The van der Waals surface area contributed by atoms with E-state index in [0.29, 0.717) is 12.3 Å². The summed E-state index contributed by atoms with van der Waals surface area (Å²) in [5.74, 6) is -0.449. The summed E-state index contributed by atoms with van der Waals surface area (Å²) in [6, 6.07) is -0.788. The van der Waals surface area contributed by atoms with Gasteiger partial charge in [0.15, 0.2) is 0 Å². The van der Waals surface area contributed by atoms with Crippen molar-refractivity contribution < 1.29 is 9.90 Å². The number of carboxylic acids is 1. The van der Waals surface area contributed by atoms with Crippen LogP contribution < -0.4 is 5.73 Å². The first-order valence-corrected chi connectivity index (χ1v) is 4.35. The lowest BCUT2D eigenvalue weighted by Gasteiger charge is -1.99. The molecule has 1 atom stereocenters. The molecule has 0 amide bonds. The minimum atomic E-state index is -0.961. The fourth-order valence-electron chi connectivity index (χ4n) is 0.691. The summed E-state index contributed by atoms with van der Waals surface area (Å²) in [6.45, 7) is 4.15. The Morgan fingerprint density at radius 2 is 2.08 bits per heavy atom. The van der Waals surface area contributed by atoms with E-state index in [1.54, 1.807) is 6.08 Å². The fraction of sp³-hybridized carbons (Fsp3) is 0.500. The molecule has 0 radical (unpaired) electrons. The lowest BCUT2D eigenvalue weighted by molar-refractivity contribution is -0.138. The number of allylic oxidation sites excluding steroid dienone is 3. The highest BCUT2D eigenvalue weighted by Crippen LogP contribution is 1.95. The van der Waals surface area contributed by atoms with Crippen LogP contribution in [0.1, 0.15) is 20.3 Å². The first-order valence-electron chi connectivity index (χ1n) is 4.35. The molecule has 3 heteroatoms. The zero-order valence-electron chi connectivity index (χ0n) is 8.10. The van der Waals surface area contributed by atoms with Crippen molar-refractivity contribution in [2.75, 3.05) is 0 Å². The maximum Gasteiger partial charge on any atom is 0.320 e. The quantitative estimate of drug-likeness (QED) is 0.636. The van der Waals surface area contributed by atoms with Crippen LogP contribution in [0.2, 0.25) is 0 Å². The van der Waals surface area contributed by atoms with Gasteiger partial charge in [-0.3, -0.25) is 4.79 Å². The molecular weight excluding hydrogens is 166 g/mol. The summed E-state index contributed by atoms with van der Waals surface area (Å²) < 4.78 is 0. The van der Waals surface area contributed by atoms with Gasteiger partial charge in [0.2, 0.25) is 0 Å². The van der Waals surface area contributed by atoms with E-state index in [9.17, 15) is 4.79 Å². The molecule has 0 spiro atoms. The largest absolute Gasteiger partial charge is 0.480 e. The van der Waals surface area contributed by atoms with Gasteiger partial charge in [0, 0.05) is 0 Å². The van der Waals surface area contributed by atoms with Crippen molar-refractivity contribution in [2.45, 2.75) is 26.3 Å². The maximum absolute atomic E-state index is 10.3. The minimum absolute atomic E-state index is 0.373. The molecule has 0 aromatic rings. The first kappa shape index (κ1) is 11.9. The highest BCUT2D eigenvalue weighted by Gasteiger charge is 2.07. The van der Waals surface area contributed by atoms with Crippen molar-refractivity contribution in [2.24, 2.45) is 11.7 Å². The summed E-state index contributed by atoms with van der Waals surface area (Å²) in [5.41, 5.74) is 5.28. The molecule has 1 unspecified atom stereocenters. The lowest BCUT2D eigenvalue weighted by Crippen LogP contribution is -2.29. The first-order chi connectivity index (χ1) is 6.04. The van der Waals surface area contributed by atoms with E-state index < -0.39 is 12.0 Å². The molecule has 0 aromatic carbocycles. The van der Waals surface area contributed by atoms with Gasteiger partial charge < -0.3 is 10.8 Å². The second kappa shape index (κ2) is 6.43. The molecule has 13 heavy (non-hydrogen) atoms. The minimum Gasteiger partial charge on any atom is -0.480 e. The van der Waals surface area contributed by atoms with Crippen LogP contribution in [0.5, 0.6) is 0 Å². The summed E-state index contributed by atoms with van der Waals surface area (Å²) >= 11 is 0. The van der Waals surface area contributed by atoms with E-state index in [1.807, 2.05) is 18.2 Å². The van der Waals surface area contributed by atoms with E-state index >= 15 is 0 Å². The van der Waals surface area contributed by atoms with Crippen molar-refractivity contribution in [3.8, 4) is 0 Å². The molecule has 0 saturated heterocycles. The van der Waals surface area contributed by atoms with E-state index in [0.717, 1.165) is 0 Å². The maximum atomic E-state index is 10.3. The summed E-state index contributed by atoms with van der Waals surface area (Å²) in [7, 11) is 0.